The molecule has 2 nitrogen and oxygen atoms in total. The first-order valence-corrected chi connectivity index (χ1v) is 6.29. The molecule has 0 bridgehead atoms. The first kappa shape index (κ1) is 11.2. The Bertz CT molecular complexity index is 669. The molecule has 0 aliphatic heterocycles. The average Bonchev–Trinajstić information content (AvgIpc) is 2.64. The summed E-state index contributed by atoms with van der Waals surface area (Å²) in [5.74, 6) is -0.365. The zero-order valence-electron chi connectivity index (χ0n) is 9.31. The second-order valence-corrected chi connectivity index (χ2v) is 5.00. The molecule has 2 aromatic rings. The van der Waals surface area contributed by atoms with E-state index in [-0.39, 0.29) is 17.1 Å². The van der Waals surface area contributed by atoms with Gasteiger partial charge in [-0.2, -0.15) is 0 Å². The number of Topliss-reactive ketones (excluding diaryl/α,β-unsaturated/α-hetero) is 1. The van der Waals surface area contributed by atoms with Gasteiger partial charge in [-0.05, 0) is 23.3 Å². The molecule has 0 fully saturated rings. The molecule has 0 amide bonds. The van der Waals surface area contributed by atoms with Gasteiger partial charge in [0, 0.05) is 15.6 Å². The highest BCUT2D eigenvalue weighted by Gasteiger charge is 2.24. The lowest BCUT2D eigenvalue weighted by molar-refractivity contribution is -0.242. The van der Waals surface area contributed by atoms with E-state index in [0.29, 0.717) is 16.7 Å². The summed E-state index contributed by atoms with van der Waals surface area (Å²) in [5.41, 5.74) is 1.94. The van der Waals surface area contributed by atoms with Gasteiger partial charge in [0.1, 0.15) is 0 Å². The smallest absolute Gasteiger partial charge is 0.193 e. The third kappa shape index (κ3) is 1.59. The van der Waals surface area contributed by atoms with E-state index in [9.17, 15) is 9.90 Å². The van der Waals surface area contributed by atoms with Crippen molar-refractivity contribution in [2.24, 2.45) is 0 Å². The van der Waals surface area contributed by atoms with Gasteiger partial charge in [-0.1, -0.05) is 58.1 Å². The molecule has 3 rings (SSSR count). The van der Waals surface area contributed by atoms with Crippen molar-refractivity contribution in [3.8, 4) is 0 Å². The van der Waals surface area contributed by atoms with Crippen molar-refractivity contribution < 1.29 is 9.90 Å². The molecule has 18 heavy (non-hydrogen) atoms. The predicted molar refractivity (Wildman–Crippen MR) is 71.7 cm³/mol. The summed E-state index contributed by atoms with van der Waals surface area (Å²) >= 11 is 3.33. The van der Waals surface area contributed by atoms with Crippen molar-refractivity contribution in [3.63, 3.8) is 0 Å². The van der Waals surface area contributed by atoms with Gasteiger partial charge < -0.3 is 5.11 Å². The minimum absolute atomic E-state index is 0.182. The van der Waals surface area contributed by atoms with E-state index < -0.39 is 0 Å². The van der Waals surface area contributed by atoms with Gasteiger partial charge in [0.2, 0.25) is 0 Å². The maximum Gasteiger partial charge on any atom is 0.193 e. The molecule has 2 aromatic carbocycles. The highest BCUT2D eigenvalue weighted by atomic mass is 79.9. The van der Waals surface area contributed by atoms with Crippen LogP contribution in [0.15, 0.2) is 53.0 Å². The molecular weight excluding hydrogens is 292 g/mol. The Labute approximate surface area is 113 Å². The van der Waals surface area contributed by atoms with Crippen LogP contribution < -0.4 is 5.11 Å². The quantitative estimate of drug-likeness (QED) is 0.812. The second-order valence-electron chi connectivity index (χ2n) is 4.09. The highest BCUT2D eigenvalue weighted by molar-refractivity contribution is 9.10. The average molecular weight is 300 g/mol. The minimum Gasteiger partial charge on any atom is -0.872 e. The summed E-state index contributed by atoms with van der Waals surface area (Å²) in [6.45, 7) is 0. The third-order valence-electron chi connectivity index (χ3n) is 3.00. The van der Waals surface area contributed by atoms with Gasteiger partial charge >= 0.3 is 0 Å². The number of carbonyl (C=O) groups is 1. The van der Waals surface area contributed by atoms with Crippen molar-refractivity contribution in [3.05, 3.63) is 69.7 Å². The SMILES string of the molecule is O=C1C(c2ccc(Br)cc2)=C([O-])c2ccccc21. The van der Waals surface area contributed by atoms with Crippen molar-refractivity contribution in [2.45, 2.75) is 0 Å². The van der Waals surface area contributed by atoms with Crippen LogP contribution in [0.5, 0.6) is 0 Å². The van der Waals surface area contributed by atoms with E-state index >= 15 is 0 Å². The molecule has 0 unspecified atom stereocenters. The van der Waals surface area contributed by atoms with Crippen LogP contribution in [0.25, 0.3) is 11.3 Å². The number of ketones is 1. The Kier molecular flexibility index (Phi) is 2.56. The molecule has 0 radical (unpaired) electrons. The summed E-state index contributed by atoms with van der Waals surface area (Å²) in [7, 11) is 0. The van der Waals surface area contributed by atoms with E-state index in [4.69, 9.17) is 0 Å². The summed E-state index contributed by atoms with van der Waals surface area (Å²) in [4.78, 5) is 12.2. The molecular formula is C15H8BrO2-. The van der Waals surface area contributed by atoms with Gasteiger partial charge in [-0.3, -0.25) is 4.79 Å². The van der Waals surface area contributed by atoms with Gasteiger partial charge in [-0.25, -0.2) is 0 Å². The molecule has 0 saturated carbocycles. The number of carbonyl (C=O) groups excluding carboxylic acids is 1. The lowest BCUT2D eigenvalue weighted by Crippen LogP contribution is -2.03. The molecule has 1 aliphatic carbocycles. The van der Waals surface area contributed by atoms with E-state index in [2.05, 4.69) is 15.9 Å². The number of hydrogen-bond donors (Lipinski definition) is 0. The van der Waals surface area contributed by atoms with E-state index in [1.807, 2.05) is 12.1 Å². The molecule has 0 saturated heterocycles. The molecule has 0 heterocycles. The topological polar surface area (TPSA) is 40.1 Å². The Hall–Kier alpha value is -1.87. The van der Waals surface area contributed by atoms with Crippen LogP contribution in [0, 0.1) is 0 Å². The van der Waals surface area contributed by atoms with Gasteiger partial charge in [-0.15, -0.1) is 0 Å². The highest BCUT2D eigenvalue weighted by Crippen LogP contribution is 2.35. The Morgan fingerprint density at radius 3 is 2.11 bits per heavy atom. The fraction of sp³-hybridized carbons (Fsp3) is 0. The van der Waals surface area contributed by atoms with Gasteiger partial charge in [0.15, 0.2) is 5.78 Å². The lowest BCUT2D eigenvalue weighted by Gasteiger charge is -2.11. The van der Waals surface area contributed by atoms with Crippen LogP contribution in [-0.2, 0) is 0 Å². The lowest BCUT2D eigenvalue weighted by atomic mass is 10.0. The van der Waals surface area contributed by atoms with Crippen LogP contribution in [0.1, 0.15) is 21.5 Å². The van der Waals surface area contributed by atoms with Crippen LogP contribution in [0.3, 0.4) is 0 Å². The van der Waals surface area contributed by atoms with Crippen molar-refractivity contribution >= 4 is 33.0 Å². The van der Waals surface area contributed by atoms with Crippen LogP contribution in [-0.4, -0.2) is 5.78 Å². The summed E-state index contributed by atoms with van der Waals surface area (Å²) in [6.07, 6.45) is 0. The van der Waals surface area contributed by atoms with Crippen LogP contribution >= 0.6 is 15.9 Å². The Morgan fingerprint density at radius 2 is 1.50 bits per heavy atom. The zero-order valence-corrected chi connectivity index (χ0v) is 10.9. The molecule has 0 N–H and O–H groups in total. The maximum absolute atomic E-state index is 12.2. The predicted octanol–water partition coefficient (Wildman–Crippen LogP) is 2.87. The second kappa shape index (κ2) is 4.10. The first-order chi connectivity index (χ1) is 8.68. The molecule has 88 valence electrons. The number of fused-ring (bicyclic) bond motifs is 1. The Morgan fingerprint density at radius 1 is 0.889 bits per heavy atom. The number of hydrogen-bond acceptors (Lipinski definition) is 2. The number of halogens is 1. The van der Waals surface area contributed by atoms with E-state index in [1.54, 1.807) is 36.4 Å². The maximum atomic E-state index is 12.2. The summed E-state index contributed by atoms with van der Waals surface area (Å²) in [5, 5.41) is 12.2. The first-order valence-electron chi connectivity index (χ1n) is 5.50. The molecule has 0 spiro atoms. The zero-order chi connectivity index (χ0) is 12.7. The largest absolute Gasteiger partial charge is 0.872 e. The standard InChI is InChI=1S/C15H9BrO2/c16-10-7-5-9(6-8-10)13-14(17)11-3-1-2-4-12(11)15(13)18/h1-8,17H/p-1. The molecule has 3 heteroatoms. The molecule has 0 atom stereocenters. The normalized spacial score (nSPS) is 13.9. The summed E-state index contributed by atoms with van der Waals surface area (Å²) in [6, 6.07) is 14.1. The molecule has 1 aliphatic rings. The summed E-state index contributed by atoms with van der Waals surface area (Å²) < 4.78 is 0.919. The van der Waals surface area contributed by atoms with Crippen LogP contribution in [0.4, 0.5) is 0 Å². The van der Waals surface area contributed by atoms with Crippen molar-refractivity contribution in [1.82, 2.24) is 0 Å². The monoisotopic (exact) mass is 299 g/mol. The fourth-order valence-corrected chi connectivity index (χ4v) is 2.39. The molecule has 0 aromatic heterocycles. The fourth-order valence-electron chi connectivity index (χ4n) is 2.13. The van der Waals surface area contributed by atoms with E-state index in [1.165, 1.54) is 0 Å². The van der Waals surface area contributed by atoms with Crippen molar-refractivity contribution in [2.75, 3.05) is 0 Å². The Balaban J connectivity index is 2.18. The number of allylic oxidation sites excluding steroid dienone is 1. The number of rotatable bonds is 1. The third-order valence-corrected chi connectivity index (χ3v) is 3.53. The van der Waals surface area contributed by atoms with Gasteiger partial charge in [0.05, 0.1) is 0 Å². The van der Waals surface area contributed by atoms with Crippen molar-refractivity contribution in [1.29, 1.82) is 0 Å². The van der Waals surface area contributed by atoms with Gasteiger partial charge in [0.25, 0.3) is 0 Å². The minimum atomic E-state index is -0.182. The van der Waals surface area contributed by atoms with Crippen LogP contribution in [0.2, 0.25) is 0 Å². The van der Waals surface area contributed by atoms with E-state index in [0.717, 1.165) is 4.47 Å². The number of benzene rings is 2.